The Morgan fingerprint density at radius 3 is 2.05 bits per heavy atom. The van der Waals surface area contributed by atoms with E-state index in [4.69, 9.17) is 14.2 Å². The Labute approximate surface area is 244 Å². The number of hydrogen-bond acceptors (Lipinski definition) is 8. The second-order valence-electron chi connectivity index (χ2n) is 8.98. The molecule has 0 unspecified atom stereocenters. The number of benzene rings is 3. The van der Waals surface area contributed by atoms with Crippen LogP contribution in [0, 0.1) is 6.92 Å². The van der Waals surface area contributed by atoms with E-state index in [9.17, 15) is 19.2 Å². The molecule has 220 valence electrons. The van der Waals surface area contributed by atoms with Crippen molar-refractivity contribution in [2.24, 2.45) is 5.10 Å². The van der Waals surface area contributed by atoms with Crippen molar-refractivity contribution < 1.29 is 33.4 Å². The number of esters is 1. The normalized spacial score (nSPS) is 10.5. The third kappa shape index (κ3) is 10.4. The van der Waals surface area contributed by atoms with E-state index in [-0.39, 0.29) is 32.0 Å². The number of anilines is 2. The van der Waals surface area contributed by atoms with E-state index in [1.54, 1.807) is 61.5 Å². The summed E-state index contributed by atoms with van der Waals surface area (Å²) in [5.41, 5.74) is 5.67. The molecule has 0 atom stereocenters. The van der Waals surface area contributed by atoms with Crippen molar-refractivity contribution in [3.05, 3.63) is 83.4 Å². The van der Waals surface area contributed by atoms with Crippen LogP contribution in [0.5, 0.6) is 11.5 Å². The monoisotopic (exact) mass is 574 g/mol. The van der Waals surface area contributed by atoms with Gasteiger partial charge in [-0.25, -0.2) is 10.2 Å². The Balaban J connectivity index is 1.46. The van der Waals surface area contributed by atoms with Gasteiger partial charge in [-0.1, -0.05) is 17.7 Å². The van der Waals surface area contributed by atoms with Gasteiger partial charge in [0.2, 0.25) is 11.8 Å². The molecule has 0 heterocycles. The van der Waals surface area contributed by atoms with Gasteiger partial charge in [0.15, 0.2) is 18.1 Å². The number of aryl methyl sites for hydroxylation is 1. The Bertz CT molecular complexity index is 1400. The van der Waals surface area contributed by atoms with Gasteiger partial charge in [-0.2, -0.15) is 5.10 Å². The highest BCUT2D eigenvalue weighted by Gasteiger charge is 2.11. The van der Waals surface area contributed by atoms with Crippen molar-refractivity contribution in [1.29, 1.82) is 0 Å². The van der Waals surface area contributed by atoms with Crippen molar-refractivity contribution in [3.8, 4) is 11.5 Å². The van der Waals surface area contributed by atoms with Crippen LogP contribution < -0.4 is 25.5 Å². The highest BCUT2D eigenvalue weighted by atomic mass is 16.5. The molecule has 0 saturated heterocycles. The Morgan fingerprint density at radius 2 is 1.38 bits per heavy atom. The summed E-state index contributed by atoms with van der Waals surface area (Å²) in [6.07, 6.45) is 1.43. The van der Waals surface area contributed by atoms with Gasteiger partial charge in [0.05, 0.1) is 25.0 Å². The second kappa shape index (κ2) is 16.2. The predicted molar refractivity (Wildman–Crippen MR) is 159 cm³/mol. The molecule has 11 heteroatoms. The molecule has 0 aliphatic heterocycles. The van der Waals surface area contributed by atoms with Gasteiger partial charge >= 0.3 is 5.97 Å². The van der Waals surface area contributed by atoms with Crippen LogP contribution in [-0.4, -0.2) is 49.7 Å². The highest BCUT2D eigenvalue weighted by Crippen LogP contribution is 2.28. The van der Waals surface area contributed by atoms with Gasteiger partial charge in [-0.3, -0.25) is 14.4 Å². The van der Waals surface area contributed by atoms with E-state index in [1.165, 1.54) is 6.21 Å². The van der Waals surface area contributed by atoms with Gasteiger partial charge in [0.25, 0.3) is 5.91 Å². The van der Waals surface area contributed by atoms with Crippen molar-refractivity contribution >= 4 is 41.3 Å². The minimum Gasteiger partial charge on any atom is -0.490 e. The van der Waals surface area contributed by atoms with E-state index in [2.05, 4.69) is 21.2 Å². The molecule has 0 saturated carbocycles. The lowest BCUT2D eigenvalue weighted by Gasteiger charge is -2.13. The van der Waals surface area contributed by atoms with Crippen molar-refractivity contribution in [1.82, 2.24) is 5.43 Å². The molecule has 0 fully saturated rings. The van der Waals surface area contributed by atoms with Crippen LogP contribution >= 0.6 is 0 Å². The molecule has 3 aromatic rings. The van der Waals surface area contributed by atoms with Crippen molar-refractivity contribution in [2.75, 3.05) is 30.5 Å². The molecule has 0 aliphatic rings. The molecule has 11 nitrogen and oxygen atoms in total. The zero-order valence-corrected chi connectivity index (χ0v) is 23.8. The van der Waals surface area contributed by atoms with Gasteiger partial charge in [-0.05, 0) is 80.9 Å². The van der Waals surface area contributed by atoms with E-state index in [0.717, 1.165) is 5.56 Å². The molecule has 3 N–H and O–H groups in total. The standard InChI is InChI=1S/C31H34N4O7/c1-4-40-27-18-22(19-32-35-29(37)17-16-28(36)33-24-11-6-21(3)7-12-24)8-15-26(27)42-20-30(38)34-25-13-9-23(10-14-25)31(39)41-5-2/h6-15,18-19H,4-5,16-17,20H2,1-3H3,(H,33,36)(H,34,38)(H,35,37). The maximum absolute atomic E-state index is 12.4. The molecule has 0 aliphatic carbocycles. The molecule has 3 aromatic carbocycles. The summed E-state index contributed by atoms with van der Waals surface area (Å²) in [5.74, 6) is -0.760. The van der Waals surface area contributed by atoms with Gasteiger partial charge in [0.1, 0.15) is 0 Å². The van der Waals surface area contributed by atoms with E-state index < -0.39 is 17.8 Å². The van der Waals surface area contributed by atoms with Crippen molar-refractivity contribution in [3.63, 3.8) is 0 Å². The third-order valence-corrected chi connectivity index (χ3v) is 5.62. The molecule has 3 amide bonds. The predicted octanol–water partition coefficient (Wildman–Crippen LogP) is 4.46. The fourth-order valence-corrected chi connectivity index (χ4v) is 3.56. The van der Waals surface area contributed by atoms with Crippen LogP contribution in [0.1, 0.15) is 48.2 Å². The average Bonchev–Trinajstić information content (AvgIpc) is 2.97. The fourth-order valence-electron chi connectivity index (χ4n) is 3.56. The largest absolute Gasteiger partial charge is 0.490 e. The lowest BCUT2D eigenvalue weighted by Crippen LogP contribution is -2.21. The number of carbonyl (C=O) groups is 4. The first-order valence-corrected chi connectivity index (χ1v) is 13.4. The Morgan fingerprint density at radius 1 is 0.738 bits per heavy atom. The van der Waals surface area contributed by atoms with Crippen molar-refractivity contribution in [2.45, 2.75) is 33.6 Å². The number of hydrazone groups is 1. The lowest BCUT2D eigenvalue weighted by molar-refractivity contribution is -0.124. The molecular weight excluding hydrogens is 540 g/mol. The van der Waals surface area contributed by atoms with Crippen LogP contribution in [0.15, 0.2) is 71.8 Å². The van der Waals surface area contributed by atoms with E-state index in [0.29, 0.717) is 40.6 Å². The number of amides is 3. The minimum atomic E-state index is -0.434. The number of nitrogens with one attached hydrogen (secondary N) is 3. The molecule has 3 rings (SSSR count). The maximum atomic E-state index is 12.4. The second-order valence-corrected chi connectivity index (χ2v) is 8.98. The van der Waals surface area contributed by atoms with Crippen LogP contribution in [0.3, 0.4) is 0 Å². The Kier molecular flexibility index (Phi) is 12.1. The number of nitrogens with zero attached hydrogens (tertiary/aromatic N) is 1. The first-order chi connectivity index (χ1) is 20.3. The molecule has 0 radical (unpaired) electrons. The summed E-state index contributed by atoms with van der Waals surface area (Å²) >= 11 is 0. The molecule has 0 bridgehead atoms. The fraction of sp³-hybridized carbons (Fsp3) is 0.258. The highest BCUT2D eigenvalue weighted by molar-refractivity contribution is 5.94. The maximum Gasteiger partial charge on any atom is 0.338 e. The smallest absolute Gasteiger partial charge is 0.338 e. The first-order valence-electron chi connectivity index (χ1n) is 13.4. The molecule has 42 heavy (non-hydrogen) atoms. The number of rotatable bonds is 14. The molecular formula is C31H34N4O7. The average molecular weight is 575 g/mol. The molecule has 0 spiro atoms. The SMILES string of the molecule is CCOC(=O)c1ccc(NC(=O)COc2ccc(C=NNC(=O)CCC(=O)Nc3ccc(C)cc3)cc2OCC)cc1. The van der Waals surface area contributed by atoms with Crippen LogP contribution in [-0.2, 0) is 19.1 Å². The van der Waals surface area contributed by atoms with Gasteiger partial charge < -0.3 is 24.8 Å². The summed E-state index contributed by atoms with van der Waals surface area (Å²) in [4.78, 5) is 48.3. The Hall–Kier alpha value is -5.19. The van der Waals surface area contributed by atoms with Crippen LogP contribution in [0.2, 0.25) is 0 Å². The van der Waals surface area contributed by atoms with Gasteiger partial charge in [-0.15, -0.1) is 0 Å². The third-order valence-electron chi connectivity index (χ3n) is 5.62. The van der Waals surface area contributed by atoms with Crippen LogP contribution in [0.25, 0.3) is 0 Å². The topological polar surface area (TPSA) is 144 Å². The summed E-state index contributed by atoms with van der Waals surface area (Å²) < 4.78 is 16.2. The number of carbonyl (C=O) groups excluding carboxylic acids is 4. The number of ether oxygens (including phenoxy) is 3. The van der Waals surface area contributed by atoms with Gasteiger partial charge in [0, 0.05) is 24.2 Å². The summed E-state index contributed by atoms with van der Waals surface area (Å²) in [6, 6.07) is 18.7. The van der Waals surface area contributed by atoms with Crippen LogP contribution in [0.4, 0.5) is 11.4 Å². The van der Waals surface area contributed by atoms with E-state index >= 15 is 0 Å². The summed E-state index contributed by atoms with van der Waals surface area (Å²) in [7, 11) is 0. The quantitative estimate of drug-likeness (QED) is 0.146. The minimum absolute atomic E-state index is 0.0161. The first kappa shape index (κ1) is 31.3. The summed E-state index contributed by atoms with van der Waals surface area (Å²) in [6.45, 7) is 5.85. The lowest BCUT2D eigenvalue weighted by atomic mass is 10.2. The zero-order chi connectivity index (χ0) is 30.3. The summed E-state index contributed by atoms with van der Waals surface area (Å²) in [5, 5.41) is 9.39. The number of hydrogen-bond donors (Lipinski definition) is 3. The molecule has 0 aromatic heterocycles. The van der Waals surface area contributed by atoms with E-state index in [1.807, 2.05) is 26.0 Å². The zero-order valence-electron chi connectivity index (χ0n) is 23.8.